The van der Waals surface area contributed by atoms with Crippen molar-refractivity contribution in [3.8, 4) is 0 Å². The van der Waals surface area contributed by atoms with Crippen molar-refractivity contribution in [2.45, 2.75) is 45.3 Å². The molecule has 0 aliphatic rings. The molecule has 0 saturated heterocycles. The predicted octanol–water partition coefficient (Wildman–Crippen LogP) is 2.44. The minimum atomic E-state index is -0.964. The second-order valence-corrected chi connectivity index (χ2v) is 5.39. The van der Waals surface area contributed by atoms with E-state index in [4.69, 9.17) is 5.11 Å². The molecule has 1 aromatic carbocycles. The van der Waals surface area contributed by atoms with Gasteiger partial charge in [0.25, 0.3) is 0 Å². The van der Waals surface area contributed by atoms with Crippen molar-refractivity contribution in [1.82, 2.24) is 10.2 Å². The summed E-state index contributed by atoms with van der Waals surface area (Å²) in [6.07, 6.45) is 1.17. The van der Waals surface area contributed by atoms with Gasteiger partial charge in [-0.1, -0.05) is 25.5 Å². The molecule has 2 N–H and O–H groups in total. The smallest absolute Gasteiger partial charge is 0.320 e. The predicted molar refractivity (Wildman–Crippen MR) is 89.1 cm³/mol. The Morgan fingerprint density at radius 3 is 2.57 bits per heavy atom. The van der Waals surface area contributed by atoms with Gasteiger partial charge in [0.05, 0.1) is 6.04 Å². The van der Waals surface area contributed by atoms with Crippen molar-refractivity contribution in [3.05, 3.63) is 35.6 Å². The van der Waals surface area contributed by atoms with Crippen LogP contribution < -0.4 is 5.32 Å². The van der Waals surface area contributed by atoms with E-state index >= 15 is 0 Å². The number of carboxylic acid groups (broad SMARTS) is 1. The van der Waals surface area contributed by atoms with Crippen LogP contribution in [0.25, 0.3) is 0 Å². The zero-order valence-corrected chi connectivity index (χ0v) is 14.4. The fourth-order valence-corrected chi connectivity index (χ4v) is 2.26. The van der Waals surface area contributed by atoms with Gasteiger partial charge in [0.15, 0.2) is 0 Å². The lowest BCUT2D eigenvalue weighted by molar-refractivity contribution is -0.140. The molecule has 2 unspecified atom stereocenters. The zero-order valence-electron chi connectivity index (χ0n) is 13.6. The summed E-state index contributed by atoms with van der Waals surface area (Å²) in [4.78, 5) is 24.8. The standard InChI is InChI=1S/C16H23FN2O3.ClH/c1-4-6-14(16(21)22)18-11(2)15(20)19(3)10-12-7-5-8-13(17)9-12;/h5,7-9,11,14,18H,4,6,10H2,1-3H3,(H,21,22);1H. The summed E-state index contributed by atoms with van der Waals surface area (Å²) in [5.41, 5.74) is 0.686. The van der Waals surface area contributed by atoms with Crippen molar-refractivity contribution < 1.29 is 19.1 Å². The van der Waals surface area contributed by atoms with Gasteiger partial charge < -0.3 is 10.0 Å². The summed E-state index contributed by atoms with van der Waals surface area (Å²) in [5, 5.41) is 11.9. The molecule has 0 spiro atoms. The highest BCUT2D eigenvalue weighted by atomic mass is 35.5. The SMILES string of the molecule is CCCC(NC(C)C(=O)N(C)Cc1cccc(F)c1)C(=O)O.Cl. The van der Waals surface area contributed by atoms with Crippen LogP contribution in [0.15, 0.2) is 24.3 Å². The minimum absolute atomic E-state index is 0. The Hall–Kier alpha value is -1.66. The maximum atomic E-state index is 13.1. The number of nitrogens with one attached hydrogen (secondary N) is 1. The first-order chi connectivity index (χ1) is 10.3. The lowest BCUT2D eigenvalue weighted by Crippen LogP contribution is -2.49. The largest absolute Gasteiger partial charge is 0.480 e. The maximum absolute atomic E-state index is 13.1. The quantitative estimate of drug-likeness (QED) is 0.758. The van der Waals surface area contributed by atoms with E-state index in [2.05, 4.69) is 5.32 Å². The van der Waals surface area contributed by atoms with Gasteiger partial charge in [0.2, 0.25) is 5.91 Å². The molecule has 0 saturated carbocycles. The Morgan fingerprint density at radius 2 is 2.04 bits per heavy atom. The van der Waals surface area contributed by atoms with Gasteiger partial charge in [0, 0.05) is 13.6 Å². The number of hydrogen-bond acceptors (Lipinski definition) is 3. The Balaban J connectivity index is 0.00000484. The van der Waals surface area contributed by atoms with Crippen LogP contribution in [0.2, 0.25) is 0 Å². The summed E-state index contributed by atoms with van der Waals surface area (Å²) in [5.74, 6) is -1.54. The number of amides is 1. The fourth-order valence-electron chi connectivity index (χ4n) is 2.26. The van der Waals surface area contributed by atoms with E-state index in [1.807, 2.05) is 6.92 Å². The molecule has 2 atom stereocenters. The second kappa shape index (κ2) is 10.2. The Morgan fingerprint density at radius 1 is 1.39 bits per heavy atom. The van der Waals surface area contributed by atoms with Crippen molar-refractivity contribution in [3.63, 3.8) is 0 Å². The molecule has 0 radical (unpaired) electrons. The number of likely N-dealkylation sites (N-methyl/N-ethyl adjacent to an activating group) is 1. The number of hydrogen-bond donors (Lipinski definition) is 2. The van der Waals surface area contributed by atoms with Crippen LogP contribution >= 0.6 is 12.4 Å². The first kappa shape index (κ1) is 21.3. The first-order valence-electron chi connectivity index (χ1n) is 7.33. The van der Waals surface area contributed by atoms with Crippen molar-refractivity contribution in [2.75, 3.05) is 7.05 Å². The molecule has 0 aromatic heterocycles. The molecular formula is C16H24ClFN2O3. The van der Waals surface area contributed by atoms with Gasteiger partial charge in [0.1, 0.15) is 11.9 Å². The van der Waals surface area contributed by atoms with Crippen LogP contribution in [-0.2, 0) is 16.1 Å². The molecule has 0 fully saturated rings. The summed E-state index contributed by atoms with van der Waals surface area (Å²) in [6.45, 7) is 3.80. The van der Waals surface area contributed by atoms with Crippen molar-refractivity contribution in [1.29, 1.82) is 0 Å². The van der Waals surface area contributed by atoms with E-state index in [0.29, 0.717) is 18.4 Å². The fraction of sp³-hybridized carbons (Fsp3) is 0.500. The van der Waals surface area contributed by atoms with Gasteiger partial charge >= 0.3 is 5.97 Å². The van der Waals surface area contributed by atoms with Crippen LogP contribution in [0.5, 0.6) is 0 Å². The number of carboxylic acids is 1. The molecule has 7 heteroatoms. The second-order valence-electron chi connectivity index (χ2n) is 5.39. The van der Waals surface area contributed by atoms with Crippen LogP contribution in [-0.4, -0.2) is 41.0 Å². The molecular weight excluding hydrogens is 323 g/mol. The first-order valence-corrected chi connectivity index (χ1v) is 7.33. The molecule has 0 heterocycles. The van der Waals surface area contributed by atoms with Gasteiger partial charge in [-0.3, -0.25) is 14.9 Å². The summed E-state index contributed by atoms with van der Waals surface area (Å²) < 4.78 is 13.1. The molecule has 0 bridgehead atoms. The van der Waals surface area contributed by atoms with E-state index in [9.17, 15) is 14.0 Å². The third kappa shape index (κ3) is 6.97. The molecule has 0 aliphatic carbocycles. The Labute approximate surface area is 142 Å². The normalized spacial score (nSPS) is 12.9. The summed E-state index contributed by atoms with van der Waals surface area (Å²) in [6, 6.07) is 4.68. The molecule has 23 heavy (non-hydrogen) atoms. The number of rotatable bonds is 8. The van der Waals surface area contributed by atoms with Crippen LogP contribution in [0, 0.1) is 5.82 Å². The number of aliphatic carboxylic acids is 1. The molecule has 5 nitrogen and oxygen atoms in total. The number of halogens is 2. The molecule has 0 aliphatic heterocycles. The van der Waals surface area contributed by atoms with Gasteiger partial charge in [-0.25, -0.2) is 4.39 Å². The van der Waals surface area contributed by atoms with E-state index in [0.717, 1.165) is 0 Å². The Bertz CT molecular complexity index is 528. The lowest BCUT2D eigenvalue weighted by atomic mass is 10.1. The van der Waals surface area contributed by atoms with Crippen LogP contribution in [0.1, 0.15) is 32.3 Å². The van der Waals surface area contributed by atoms with Crippen LogP contribution in [0.3, 0.4) is 0 Å². The molecule has 1 amide bonds. The van der Waals surface area contributed by atoms with Gasteiger partial charge in [-0.15, -0.1) is 12.4 Å². The van der Waals surface area contributed by atoms with Crippen molar-refractivity contribution in [2.24, 2.45) is 0 Å². The van der Waals surface area contributed by atoms with Gasteiger partial charge in [-0.05, 0) is 31.0 Å². The topological polar surface area (TPSA) is 69.6 Å². The summed E-state index contributed by atoms with van der Waals surface area (Å²) in [7, 11) is 1.61. The zero-order chi connectivity index (χ0) is 16.7. The van der Waals surface area contributed by atoms with E-state index < -0.39 is 18.1 Å². The maximum Gasteiger partial charge on any atom is 0.320 e. The number of carbonyl (C=O) groups excluding carboxylic acids is 1. The number of carbonyl (C=O) groups is 2. The number of benzene rings is 1. The number of nitrogens with zero attached hydrogens (tertiary/aromatic N) is 1. The van der Waals surface area contributed by atoms with Crippen LogP contribution in [0.4, 0.5) is 4.39 Å². The van der Waals surface area contributed by atoms with E-state index in [1.54, 1.807) is 26.1 Å². The third-order valence-corrected chi connectivity index (χ3v) is 3.38. The third-order valence-electron chi connectivity index (χ3n) is 3.38. The molecule has 130 valence electrons. The van der Waals surface area contributed by atoms with Gasteiger partial charge in [-0.2, -0.15) is 0 Å². The summed E-state index contributed by atoms with van der Waals surface area (Å²) >= 11 is 0. The molecule has 1 rings (SSSR count). The lowest BCUT2D eigenvalue weighted by Gasteiger charge is -2.24. The Kier molecular flexibility index (Phi) is 9.44. The highest BCUT2D eigenvalue weighted by molar-refractivity contribution is 5.85. The minimum Gasteiger partial charge on any atom is -0.480 e. The van der Waals surface area contributed by atoms with E-state index in [1.165, 1.54) is 17.0 Å². The average Bonchev–Trinajstić information content (AvgIpc) is 2.45. The molecule has 1 aromatic rings. The monoisotopic (exact) mass is 346 g/mol. The average molecular weight is 347 g/mol. The van der Waals surface area contributed by atoms with Crippen molar-refractivity contribution >= 4 is 24.3 Å². The van der Waals surface area contributed by atoms with E-state index in [-0.39, 0.29) is 30.7 Å². The highest BCUT2D eigenvalue weighted by Crippen LogP contribution is 2.08. The highest BCUT2D eigenvalue weighted by Gasteiger charge is 2.24.